The topological polar surface area (TPSA) is 0 Å². The van der Waals surface area contributed by atoms with Gasteiger partial charge in [0, 0.05) is 79.1 Å². The molecule has 4 heteroatoms. The zero-order chi connectivity index (χ0) is 0. The summed E-state index contributed by atoms with van der Waals surface area (Å²) in [5.74, 6) is 0. The van der Waals surface area contributed by atoms with E-state index in [1.165, 1.54) is 0 Å². The van der Waals surface area contributed by atoms with Crippen molar-refractivity contribution >= 4 is 0 Å². The quantitative estimate of drug-likeness (QED) is 0.378. The summed E-state index contributed by atoms with van der Waals surface area (Å²) in [4.78, 5) is 0. The zero-order valence-corrected chi connectivity index (χ0v) is 9.03. The first-order chi connectivity index (χ1) is 0. The summed E-state index contributed by atoms with van der Waals surface area (Å²) >= 11 is 0. The Bertz CT molecular complexity index is 8.00. The summed E-state index contributed by atoms with van der Waals surface area (Å²) in [6.07, 6.45) is 0. The van der Waals surface area contributed by atoms with Crippen LogP contribution in [0.2, 0.25) is 0 Å². The maximum atomic E-state index is 0. The fourth-order valence-corrected chi connectivity index (χ4v) is 0. The first-order valence-corrected chi connectivity index (χ1v) is 0. The van der Waals surface area contributed by atoms with Crippen LogP contribution in [0.15, 0.2) is 0 Å². The van der Waals surface area contributed by atoms with Crippen molar-refractivity contribution in [2.75, 3.05) is 0 Å². The van der Waals surface area contributed by atoms with Crippen molar-refractivity contribution in [1.82, 2.24) is 0 Å². The average molecular weight is 543 g/mol. The average Bonchev–Trinajstić information content (AvgIpc) is 0. The van der Waals surface area contributed by atoms with Gasteiger partial charge in [0.05, 0.1) is 0 Å². The minimum Gasteiger partial charge on any atom is 0 e. The van der Waals surface area contributed by atoms with E-state index in [1.807, 2.05) is 0 Å². The Kier molecular flexibility index (Phi) is 138. The molecule has 0 saturated heterocycles. The molecule has 0 saturated carbocycles. The molecule has 0 aliphatic rings. The Labute approximate surface area is 78.0 Å². The second-order valence-electron chi connectivity index (χ2n) is 0. The van der Waals surface area contributed by atoms with Gasteiger partial charge in [-0.1, -0.05) is 0 Å². The van der Waals surface area contributed by atoms with Gasteiger partial charge in [0.15, 0.2) is 0 Å². The molecule has 0 aromatic rings. The predicted octanol–water partition coefficient (Wildman–Crippen LogP) is -0.0100. The van der Waals surface area contributed by atoms with Crippen molar-refractivity contribution < 1.29 is 79.1 Å². The molecule has 0 bridgehead atoms. The monoisotopic (exact) mass is 545 g/mol. The molecule has 0 aromatic heterocycles. The van der Waals surface area contributed by atoms with E-state index in [2.05, 4.69) is 0 Å². The Morgan fingerprint density at radius 2 is 1.00 bits per heavy atom. The van der Waals surface area contributed by atoms with E-state index in [0.717, 1.165) is 0 Å². The molecular formula is AuCoReRu. The molecule has 0 rings (SSSR count). The third kappa shape index (κ3) is 8.82. The predicted molar refractivity (Wildman–Crippen MR) is 0 cm³/mol. The molecule has 3 radical (unpaired) electrons. The van der Waals surface area contributed by atoms with Gasteiger partial charge in [0.1, 0.15) is 0 Å². The van der Waals surface area contributed by atoms with Crippen LogP contribution < -0.4 is 0 Å². The molecule has 0 aliphatic heterocycles. The van der Waals surface area contributed by atoms with Crippen molar-refractivity contribution in [3.63, 3.8) is 0 Å². The van der Waals surface area contributed by atoms with Crippen LogP contribution in [0.5, 0.6) is 0 Å². The van der Waals surface area contributed by atoms with Gasteiger partial charge in [0.2, 0.25) is 0 Å². The summed E-state index contributed by atoms with van der Waals surface area (Å²) in [7, 11) is 0. The summed E-state index contributed by atoms with van der Waals surface area (Å²) in [5, 5.41) is 0. The zero-order valence-electron chi connectivity index (χ0n) is 1.37. The molecule has 0 aliphatic carbocycles. The van der Waals surface area contributed by atoms with Crippen molar-refractivity contribution in [1.29, 1.82) is 0 Å². The Morgan fingerprint density at radius 1 is 1.00 bits per heavy atom. The van der Waals surface area contributed by atoms with Crippen LogP contribution in [0.25, 0.3) is 0 Å². The smallest absolute Gasteiger partial charge is 0 e. The molecule has 35 valence electrons. The summed E-state index contributed by atoms with van der Waals surface area (Å²) in [5.41, 5.74) is 0. The molecule has 0 nitrogen and oxygen atoms in total. The van der Waals surface area contributed by atoms with E-state index in [9.17, 15) is 0 Å². The van der Waals surface area contributed by atoms with E-state index >= 15 is 0 Å². The Morgan fingerprint density at radius 3 is 1.00 bits per heavy atom. The number of hydrogen-bond donors (Lipinski definition) is 0. The Hall–Kier alpha value is 2.53. The minimum atomic E-state index is 0. The van der Waals surface area contributed by atoms with Gasteiger partial charge in [-0.15, -0.1) is 0 Å². The van der Waals surface area contributed by atoms with Gasteiger partial charge >= 0.3 is 0 Å². The molecule has 0 unspecified atom stereocenters. The van der Waals surface area contributed by atoms with E-state index in [-0.39, 0.29) is 79.1 Å². The van der Waals surface area contributed by atoms with E-state index < -0.39 is 0 Å². The van der Waals surface area contributed by atoms with E-state index in [1.54, 1.807) is 0 Å². The van der Waals surface area contributed by atoms with Crippen molar-refractivity contribution in [3.05, 3.63) is 0 Å². The molecular weight excluding hydrogens is 543 g/mol. The second kappa shape index (κ2) is 17.7. The van der Waals surface area contributed by atoms with Crippen molar-refractivity contribution in [3.8, 4) is 0 Å². The fourth-order valence-electron chi connectivity index (χ4n) is 0. The van der Waals surface area contributed by atoms with Crippen LogP contribution in [0.4, 0.5) is 0 Å². The van der Waals surface area contributed by atoms with E-state index in [0.29, 0.717) is 0 Å². The molecule has 0 N–H and O–H groups in total. The molecule has 0 amide bonds. The molecule has 0 spiro atoms. The summed E-state index contributed by atoms with van der Waals surface area (Å²) < 4.78 is 0. The maximum Gasteiger partial charge on any atom is 0 e. The molecule has 0 heterocycles. The number of rotatable bonds is 0. The van der Waals surface area contributed by atoms with Gasteiger partial charge in [-0.25, -0.2) is 0 Å². The van der Waals surface area contributed by atoms with Crippen LogP contribution >= 0.6 is 0 Å². The summed E-state index contributed by atoms with van der Waals surface area (Å²) in [6.45, 7) is 0. The van der Waals surface area contributed by atoms with Gasteiger partial charge in [-0.2, -0.15) is 0 Å². The molecule has 0 aromatic carbocycles. The van der Waals surface area contributed by atoms with Crippen LogP contribution in [0, 0.1) is 0 Å². The first kappa shape index (κ1) is 31.2. The van der Waals surface area contributed by atoms with Crippen LogP contribution in [-0.2, 0) is 79.1 Å². The van der Waals surface area contributed by atoms with Gasteiger partial charge < -0.3 is 0 Å². The van der Waals surface area contributed by atoms with Crippen LogP contribution in [0.1, 0.15) is 0 Å². The second-order valence-corrected chi connectivity index (χ2v) is 0. The molecule has 0 fully saturated rings. The largest absolute Gasteiger partial charge is 0 e. The van der Waals surface area contributed by atoms with Crippen LogP contribution in [-0.4, -0.2) is 0 Å². The van der Waals surface area contributed by atoms with Gasteiger partial charge in [-0.3, -0.25) is 0 Å². The third-order valence-corrected chi connectivity index (χ3v) is 0. The van der Waals surface area contributed by atoms with Gasteiger partial charge in [0.25, 0.3) is 0 Å². The number of hydrogen-bond acceptors (Lipinski definition) is 0. The van der Waals surface area contributed by atoms with E-state index in [4.69, 9.17) is 0 Å². The molecule has 0 atom stereocenters. The Balaban J connectivity index is 0. The minimum absolute atomic E-state index is 0. The van der Waals surface area contributed by atoms with Gasteiger partial charge in [-0.05, 0) is 0 Å². The standard InChI is InChI=1S/Au.Co.Re.Ru. The fraction of sp³-hybridized carbons (Fsp3) is 0. The van der Waals surface area contributed by atoms with Crippen LogP contribution in [0.3, 0.4) is 0 Å². The van der Waals surface area contributed by atoms with Crippen molar-refractivity contribution in [2.45, 2.75) is 0 Å². The SMILES string of the molecule is [Au].[Co].[Re].[Ru]. The first-order valence-electron chi connectivity index (χ1n) is 0. The maximum absolute atomic E-state index is 0. The van der Waals surface area contributed by atoms with Crippen molar-refractivity contribution in [2.24, 2.45) is 0 Å². The normalized spacial score (nSPS) is 0. The third-order valence-electron chi connectivity index (χ3n) is 0. The summed E-state index contributed by atoms with van der Waals surface area (Å²) in [6, 6.07) is 0. The molecule has 4 heavy (non-hydrogen) atoms.